The van der Waals surface area contributed by atoms with Crippen molar-refractivity contribution in [3.8, 4) is 0 Å². The van der Waals surface area contributed by atoms with Crippen LogP contribution in [0.15, 0.2) is 30.3 Å². The molecule has 0 bridgehead atoms. The lowest BCUT2D eigenvalue weighted by molar-refractivity contribution is -0.130. The van der Waals surface area contributed by atoms with Crippen LogP contribution in [0.25, 0.3) is 0 Å². The highest BCUT2D eigenvalue weighted by Gasteiger charge is 2.21. The second kappa shape index (κ2) is 7.01. The van der Waals surface area contributed by atoms with Gasteiger partial charge in [0, 0.05) is 27.1 Å². The van der Waals surface area contributed by atoms with Crippen LogP contribution in [-0.4, -0.2) is 37.4 Å². The van der Waals surface area contributed by atoms with Gasteiger partial charge in [0.2, 0.25) is 11.8 Å². The van der Waals surface area contributed by atoms with Crippen molar-refractivity contribution in [1.29, 1.82) is 0 Å². The van der Waals surface area contributed by atoms with E-state index in [2.05, 4.69) is 5.32 Å². The summed E-state index contributed by atoms with van der Waals surface area (Å²) in [7, 11) is 3.21. The Bertz CT molecular complexity index is 409. The fourth-order valence-electron chi connectivity index (χ4n) is 1.46. The number of nitrogens with one attached hydrogen (secondary N) is 1. The highest BCUT2D eigenvalue weighted by Crippen LogP contribution is 2.22. The summed E-state index contributed by atoms with van der Waals surface area (Å²) in [6.07, 6.45) is 0.275. The Labute approximate surface area is 112 Å². The van der Waals surface area contributed by atoms with Crippen molar-refractivity contribution >= 4 is 23.4 Å². The zero-order valence-electron chi connectivity index (χ0n) is 10.5. The fourth-order valence-corrected chi connectivity index (χ4v) is 1.77. The number of rotatable bonds is 5. The Morgan fingerprint density at radius 1 is 1.33 bits per heavy atom. The SMILES string of the molecule is CNC(=O)CCN(C)C(=O)C(Cl)c1ccccc1. The van der Waals surface area contributed by atoms with E-state index in [0.717, 1.165) is 5.56 Å². The van der Waals surface area contributed by atoms with Crippen LogP contribution in [0, 0.1) is 0 Å². The van der Waals surface area contributed by atoms with E-state index in [0.29, 0.717) is 6.54 Å². The summed E-state index contributed by atoms with van der Waals surface area (Å²) >= 11 is 6.11. The monoisotopic (exact) mass is 268 g/mol. The second-order valence-corrected chi connectivity index (χ2v) is 4.39. The van der Waals surface area contributed by atoms with Gasteiger partial charge in [-0.25, -0.2) is 0 Å². The number of nitrogens with zero attached hydrogens (tertiary/aromatic N) is 1. The molecule has 0 heterocycles. The van der Waals surface area contributed by atoms with Gasteiger partial charge in [-0.15, -0.1) is 11.6 Å². The Kier molecular flexibility index (Phi) is 5.65. The number of halogens is 1. The predicted molar refractivity (Wildman–Crippen MR) is 71.4 cm³/mol. The molecule has 4 nitrogen and oxygen atoms in total. The number of likely N-dealkylation sites (N-methyl/N-ethyl adjacent to an activating group) is 1. The summed E-state index contributed by atoms with van der Waals surface area (Å²) in [5.74, 6) is -0.299. The van der Waals surface area contributed by atoms with Crippen molar-refractivity contribution in [2.24, 2.45) is 0 Å². The van der Waals surface area contributed by atoms with Crippen LogP contribution in [0.4, 0.5) is 0 Å². The molecule has 1 aromatic rings. The summed E-state index contributed by atoms with van der Waals surface area (Å²) in [5.41, 5.74) is 0.760. The predicted octanol–water partition coefficient (Wildman–Crippen LogP) is 1.56. The summed E-state index contributed by atoms with van der Waals surface area (Å²) in [6, 6.07) is 9.16. The number of carbonyl (C=O) groups is 2. The Morgan fingerprint density at radius 2 is 1.94 bits per heavy atom. The molecule has 18 heavy (non-hydrogen) atoms. The normalized spacial score (nSPS) is 11.7. The lowest BCUT2D eigenvalue weighted by atomic mass is 10.1. The van der Waals surface area contributed by atoms with Crippen LogP contribution < -0.4 is 5.32 Å². The van der Waals surface area contributed by atoms with E-state index in [1.807, 2.05) is 30.3 Å². The molecule has 0 aliphatic heterocycles. The van der Waals surface area contributed by atoms with Gasteiger partial charge in [-0.3, -0.25) is 9.59 Å². The second-order valence-electron chi connectivity index (χ2n) is 3.96. The number of alkyl halides is 1. The summed E-state index contributed by atoms with van der Waals surface area (Å²) < 4.78 is 0. The zero-order valence-corrected chi connectivity index (χ0v) is 11.3. The minimum atomic E-state index is -0.708. The molecule has 1 rings (SSSR count). The molecule has 1 atom stereocenters. The lowest BCUT2D eigenvalue weighted by Crippen LogP contribution is -2.33. The maximum atomic E-state index is 12.0. The van der Waals surface area contributed by atoms with Gasteiger partial charge in [-0.1, -0.05) is 30.3 Å². The summed E-state index contributed by atoms with van der Waals surface area (Å²) in [5, 5.41) is 1.80. The summed E-state index contributed by atoms with van der Waals surface area (Å²) in [6.45, 7) is 0.356. The third-order valence-electron chi connectivity index (χ3n) is 2.64. The molecular formula is C13H17ClN2O2. The number of hydrogen-bond donors (Lipinski definition) is 1. The minimum Gasteiger partial charge on any atom is -0.359 e. The van der Waals surface area contributed by atoms with Crippen molar-refractivity contribution in [2.45, 2.75) is 11.8 Å². The van der Waals surface area contributed by atoms with Crippen LogP contribution in [0.3, 0.4) is 0 Å². The van der Waals surface area contributed by atoms with E-state index in [1.54, 1.807) is 14.1 Å². The van der Waals surface area contributed by atoms with Gasteiger partial charge in [0.05, 0.1) is 0 Å². The van der Waals surface area contributed by atoms with E-state index in [9.17, 15) is 9.59 Å². The van der Waals surface area contributed by atoms with Gasteiger partial charge >= 0.3 is 0 Å². The maximum absolute atomic E-state index is 12.0. The fraction of sp³-hybridized carbons (Fsp3) is 0.385. The number of amides is 2. The third-order valence-corrected chi connectivity index (χ3v) is 3.08. The highest BCUT2D eigenvalue weighted by molar-refractivity contribution is 6.30. The van der Waals surface area contributed by atoms with E-state index in [4.69, 9.17) is 11.6 Å². The smallest absolute Gasteiger partial charge is 0.244 e. The Hall–Kier alpha value is -1.55. The first-order valence-corrected chi connectivity index (χ1v) is 6.14. The summed E-state index contributed by atoms with van der Waals surface area (Å²) in [4.78, 5) is 24.6. The number of carbonyl (C=O) groups excluding carboxylic acids is 2. The van der Waals surface area contributed by atoms with E-state index < -0.39 is 5.38 Å². The highest BCUT2D eigenvalue weighted by atomic mass is 35.5. The van der Waals surface area contributed by atoms with Gasteiger partial charge in [0.15, 0.2) is 0 Å². The maximum Gasteiger partial charge on any atom is 0.244 e. The molecule has 1 N–H and O–H groups in total. The van der Waals surface area contributed by atoms with E-state index in [1.165, 1.54) is 4.90 Å². The lowest BCUT2D eigenvalue weighted by Gasteiger charge is -2.20. The molecule has 0 saturated carbocycles. The Morgan fingerprint density at radius 3 is 2.50 bits per heavy atom. The molecule has 0 aliphatic rings. The first-order valence-electron chi connectivity index (χ1n) is 5.71. The van der Waals surface area contributed by atoms with E-state index in [-0.39, 0.29) is 18.2 Å². The molecule has 1 unspecified atom stereocenters. The molecule has 0 aromatic heterocycles. The number of benzene rings is 1. The average Bonchev–Trinajstić information content (AvgIpc) is 2.43. The first-order chi connectivity index (χ1) is 8.56. The average molecular weight is 269 g/mol. The molecule has 1 aromatic carbocycles. The van der Waals surface area contributed by atoms with Gasteiger partial charge < -0.3 is 10.2 Å². The molecule has 0 spiro atoms. The molecule has 0 fully saturated rings. The van der Waals surface area contributed by atoms with E-state index >= 15 is 0 Å². The van der Waals surface area contributed by atoms with Gasteiger partial charge in [-0.2, -0.15) is 0 Å². The van der Waals surface area contributed by atoms with Crippen molar-refractivity contribution in [3.63, 3.8) is 0 Å². The molecule has 0 aliphatic carbocycles. The third kappa shape index (κ3) is 4.04. The van der Waals surface area contributed by atoms with Crippen LogP contribution in [0.2, 0.25) is 0 Å². The van der Waals surface area contributed by atoms with Crippen LogP contribution >= 0.6 is 11.6 Å². The van der Waals surface area contributed by atoms with Crippen molar-refractivity contribution in [1.82, 2.24) is 10.2 Å². The molecule has 0 saturated heterocycles. The number of hydrogen-bond acceptors (Lipinski definition) is 2. The van der Waals surface area contributed by atoms with Gasteiger partial charge in [0.1, 0.15) is 5.38 Å². The van der Waals surface area contributed by atoms with Crippen molar-refractivity contribution < 1.29 is 9.59 Å². The Balaban J connectivity index is 2.56. The minimum absolute atomic E-state index is 0.0968. The zero-order chi connectivity index (χ0) is 13.5. The van der Waals surface area contributed by atoms with Crippen LogP contribution in [0.5, 0.6) is 0 Å². The van der Waals surface area contributed by atoms with Crippen LogP contribution in [0.1, 0.15) is 17.4 Å². The molecular weight excluding hydrogens is 252 g/mol. The van der Waals surface area contributed by atoms with Gasteiger partial charge in [-0.05, 0) is 5.56 Å². The van der Waals surface area contributed by atoms with Crippen LogP contribution in [-0.2, 0) is 9.59 Å². The molecule has 98 valence electrons. The molecule has 2 amide bonds. The van der Waals surface area contributed by atoms with Crippen molar-refractivity contribution in [2.75, 3.05) is 20.6 Å². The van der Waals surface area contributed by atoms with Gasteiger partial charge in [0.25, 0.3) is 0 Å². The quantitative estimate of drug-likeness (QED) is 0.824. The standard InChI is InChI=1S/C13H17ClN2O2/c1-15-11(17)8-9-16(2)13(18)12(14)10-6-4-3-5-7-10/h3-7,12H,8-9H2,1-2H3,(H,15,17). The molecule has 5 heteroatoms. The molecule has 0 radical (unpaired) electrons. The van der Waals surface area contributed by atoms with Crippen molar-refractivity contribution in [3.05, 3.63) is 35.9 Å². The first kappa shape index (κ1) is 14.5. The topological polar surface area (TPSA) is 49.4 Å². The largest absolute Gasteiger partial charge is 0.359 e.